The molecule has 0 N–H and O–H groups in total. The molecule has 56 heavy (non-hydrogen) atoms. The molecule has 0 aromatic heterocycles. The van der Waals surface area contributed by atoms with Crippen LogP contribution in [0.15, 0.2) is 60.7 Å². The molecule has 0 aliphatic carbocycles. The second kappa shape index (κ2) is 18.4. The second-order valence-electron chi connectivity index (χ2n) is 15.8. The van der Waals surface area contributed by atoms with Crippen molar-refractivity contribution in [3.63, 3.8) is 0 Å². The summed E-state index contributed by atoms with van der Waals surface area (Å²) in [6, 6.07) is 18.7. The molecule has 2 aliphatic heterocycles. The van der Waals surface area contributed by atoms with Gasteiger partial charge in [0.25, 0.3) is 5.91 Å². The molecule has 1 saturated heterocycles. The number of carbonyl (C=O) groups is 4. The Labute approximate surface area is 334 Å². The van der Waals surface area contributed by atoms with E-state index >= 15 is 0 Å². The first-order valence-electron chi connectivity index (χ1n) is 20.6. The summed E-state index contributed by atoms with van der Waals surface area (Å²) in [5.41, 5.74) is 5.08. The van der Waals surface area contributed by atoms with Crippen LogP contribution in [0.4, 0.5) is 11.4 Å². The lowest BCUT2D eigenvalue weighted by Crippen LogP contribution is -2.54. The number of likely N-dealkylation sites (N-methyl/N-ethyl adjacent to an activating group) is 1. The minimum atomic E-state index is -1.14. The summed E-state index contributed by atoms with van der Waals surface area (Å²) < 4.78 is 12.7. The number of hydrogen-bond acceptors (Lipinski definition) is 8. The topological polar surface area (TPSA) is 99.7 Å². The van der Waals surface area contributed by atoms with Crippen LogP contribution in [0.5, 0.6) is 11.5 Å². The largest absolute Gasteiger partial charge is 0.457 e. The van der Waals surface area contributed by atoms with E-state index in [1.165, 1.54) is 9.80 Å². The van der Waals surface area contributed by atoms with E-state index < -0.39 is 30.1 Å². The highest BCUT2D eigenvalue weighted by Crippen LogP contribution is 2.50. The SMILES string of the molecule is CCN(CC)c1ccc2c(c1)Oc1cc(N(CC)CC)ccc1C2c1ccccc1C(=O)O[C@@H](C)C(=O)N1CCC[C@H]1C(=O)N(C)[C@H](CC(C)C)C(=O)C(C)C. The molecule has 0 unspecified atom stereocenters. The van der Waals surface area contributed by atoms with Crippen LogP contribution < -0.4 is 14.5 Å². The molecule has 10 heteroatoms. The molecule has 3 aromatic carbocycles. The van der Waals surface area contributed by atoms with Gasteiger partial charge in [0.2, 0.25) is 5.91 Å². The number of fused-ring (bicyclic) bond motifs is 2. The number of anilines is 2. The fourth-order valence-electron chi connectivity index (χ4n) is 8.31. The third kappa shape index (κ3) is 8.74. The van der Waals surface area contributed by atoms with Gasteiger partial charge >= 0.3 is 5.97 Å². The normalized spacial score (nSPS) is 16.1. The number of esters is 1. The zero-order chi connectivity index (χ0) is 40.8. The van der Waals surface area contributed by atoms with Crippen molar-refractivity contribution < 1.29 is 28.7 Å². The predicted octanol–water partition coefficient (Wildman–Crippen LogP) is 8.30. The number of Topliss-reactive ketones (excluding diaryl/α,β-unsaturated/α-hetero) is 1. The Morgan fingerprint density at radius 3 is 1.86 bits per heavy atom. The molecule has 2 aliphatic rings. The molecule has 0 radical (unpaired) electrons. The number of likely N-dealkylation sites (tertiary alicyclic amines) is 1. The molecule has 5 rings (SSSR count). The fourth-order valence-corrected chi connectivity index (χ4v) is 8.31. The monoisotopic (exact) mass is 766 g/mol. The lowest BCUT2D eigenvalue weighted by atomic mass is 9.80. The highest BCUT2D eigenvalue weighted by molar-refractivity contribution is 5.96. The molecular weight excluding hydrogens is 705 g/mol. The van der Waals surface area contributed by atoms with Crippen LogP contribution in [0.3, 0.4) is 0 Å². The molecule has 2 amide bonds. The zero-order valence-corrected chi connectivity index (χ0v) is 35.1. The fraction of sp³-hybridized carbons (Fsp3) is 0.522. The van der Waals surface area contributed by atoms with Crippen molar-refractivity contribution in [3.8, 4) is 11.5 Å². The van der Waals surface area contributed by atoms with Gasteiger partial charge in [-0.15, -0.1) is 0 Å². The third-order valence-electron chi connectivity index (χ3n) is 11.4. The van der Waals surface area contributed by atoms with Gasteiger partial charge in [0.15, 0.2) is 11.9 Å². The van der Waals surface area contributed by atoms with E-state index in [1.807, 2.05) is 39.8 Å². The Hall–Kier alpha value is -4.86. The van der Waals surface area contributed by atoms with E-state index in [1.54, 1.807) is 26.1 Å². The van der Waals surface area contributed by atoms with Crippen LogP contribution in [0, 0.1) is 11.8 Å². The molecular formula is C46H62N4O6. The van der Waals surface area contributed by atoms with Gasteiger partial charge in [-0.1, -0.05) is 58.0 Å². The number of rotatable bonds is 16. The van der Waals surface area contributed by atoms with Crippen LogP contribution >= 0.6 is 0 Å². The highest BCUT2D eigenvalue weighted by Gasteiger charge is 2.41. The van der Waals surface area contributed by atoms with Gasteiger partial charge in [-0.3, -0.25) is 14.4 Å². The Bertz CT molecular complexity index is 1820. The standard InChI is InChI=1S/C46H62N4O6/c1-11-48(12-2)32-21-23-36-40(27-32)56-41-28-33(49(13-3)14-4)22-24-37(41)42(36)34-18-15-16-19-35(34)46(54)55-31(9)44(52)50-25-17-20-38(50)45(53)47(10)39(26-29(5)6)43(51)30(7)8/h15-16,18-19,21-24,27-31,38-39,42H,11-14,17,20,25-26H2,1-10H3/t31-,38-,39+/m0/s1. The van der Waals surface area contributed by atoms with Gasteiger partial charge in [-0.25, -0.2) is 4.79 Å². The molecule has 2 heterocycles. The van der Waals surface area contributed by atoms with Crippen LogP contribution in [-0.2, 0) is 19.1 Å². The first kappa shape index (κ1) is 42.3. The molecule has 3 aromatic rings. The molecule has 0 bridgehead atoms. The molecule has 302 valence electrons. The molecule has 10 nitrogen and oxygen atoms in total. The molecule has 0 spiro atoms. The summed E-state index contributed by atoms with van der Waals surface area (Å²) >= 11 is 0. The minimum absolute atomic E-state index is 0.00910. The summed E-state index contributed by atoms with van der Waals surface area (Å²) in [4.78, 5) is 63.0. The Kier molecular flexibility index (Phi) is 13.9. The van der Waals surface area contributed by atoms with Crippen LogP contribution in [0.25, 0.3) is 0 Å². The van der Waals surface area contributed by atoms with Gasteiger partial charge in [0.05, 0.1) is 11.6 Å². The maximum Gasteiger partial charge on any atom is 0.339 e. The third-order valence-corrected chi connectivity index (χ3v) is 11.4. The quantitative estimate of drug-likeness (QED) is 0.105. The van der Waals surface area contributed by atoms with E-state index in [2.05, 4.69) is 73.9 Å². The number of benzene rings is 3. The Balaban J connectivity index is 1.44. The summed E-state index contributed by atoms with van der Waals surface area (Å²) in [7, 11) is 1.67. The van der Waals surface area contributed by atoms with E-state index in [9.17, 15) is 19.2 Å². The van der Waals surface area contributed by atoms with Crippen LogP contribution in [0.1, 0.15) is 115 Å². The average molecular weight is 767 g/mol. The minimum Gasteiger partial charge on any atom is -0.457 e. The zero-order valence-electron chi connectivity index (χ0n) is 35.1. The van der Waals surface area contributed by atoms with Crippen molar-refractivity contribution in [1.29, 1.82) is 0 Å². The van der Waals surface area contributed by atoms with Gasteiger partial charge in [-0.2, -0.15) is 0 Å². The van der Waals surface area contributed by atoms with Crippen LogP contribution in [0.2, 0.25) is 0 Å². The van der Waals surface area contributed by atoms with Crippen molar-refractivity contribution >= 4 is 34.9 Å². The predicted molar refractivity (Wildman–Crippen MR) is 223 cm³/mol. The maximum atomic E-state index is 14.2. The van der Waals surface area contributed by atoms with Crippen LogP contribution in [-0.4, -0.2) is 91.3 Å². The summed E-state index contributed by atoms with van der Waals surface area (Å²) in [5, 5.41) is 0. The van der Waals surface area contributed by atoms with E-state index in [-0.39, 0.29) is 29.4 Å². The molecule has 3 atom stereocenters. The lowest BCUT2D eigenvalue weighted by molar-refractivity contribution is -0.150. The van der Waals surface area contributed by atoms with Crippen molar-refractivity contribution in [2.45, 2.75) is 106 Å². The first-order chi connectivity index (χ1) is 26.8. The number of nitrogens with zero attached hydrogens (tertiary/aromatic N) is 4. The number of carbonyl (C=O) groups excluding carboxylic acids is 4. The van der Waals surface area contributed by atoms with E-state index in [0.29, 0.717) is 31.4 Å². The number of ether oxygens (including phenoxy) is 2. The van der Waals surface area contributed by atoms with Crippen molar-refractivity contribution in [3.05, 3.63) is 82.9 Å². The summed E-state index contributed by atoms with van der Waals surface area (Å²) in [6.45, 7) is 21.6. The number of amides is 2. The first-order valence-corrected chi connectivity index (χ1v) is 20.6. The summed E-state index contributed by atoms with van der Waals surface area (Å²) in [5.74, 6) is -0.191. The lowest BCUT2D eigenvalue weighted by Gasteiger charge is -2.34. The smallest absolute Gasteiger partial charge is 0.339 e. The van der Waals surface area contributed by atoms with Gasteiger partial charge in [0.1, 0.15) is 17.5 Å². The van der Waals surface area contributed by atoms with Gasteiger partial charge < -0.3 is 29.1 Å². The van der Waals surface area contributed by atoms with Crippen molar-refractivity contribution in [2.75, 3.05) is 49.6 Å². The number of hydrogen-bond donors (Lipinski definition) is 0. The number of ketones is 1. The average Bonchev–Trinajstić information content (AvgIpc) is 3.68. The Morgan fingerprint density at radius 2 is 1.34 bits per heavy atom. The maximum absolute atomic E-state index is 14.2. The summed E-state index contributed by atoms with van der Waals surface area (Å²) in [6.07, 6.45) is 0.530. The molecule has 1 fully saturated rings. The van der Waals surface area contributed by atoms with Gasteiger partial charge in [0, 0.05) is 86.2 Å². The molecule has 0 saturated carbocycles. The highest BCUT2D eigenvalue weighted by atomic mass is 16.5. The Morgan fingerprint density at radius 1 is 0.786 bits per heavy atom. The van der Waals surface area contributed by atoms with Gasteiger partial charge in [-0.05, 0) is 83.6 Å². The van der Waals surface area contributed by atoms with E-state index in [0.717, 1.165) is 65.7 Å². The van der Waals surface area contributed by atoms with Crippen molar-refractivity contribution in [2.24, 2.45) is 11.8 Å². The van der Waals surface area contributed by atoms with E-state index in [4.69, 9.17) is 9.47 Å². The second-order valence-corrected chi connectivity index (χ2v) is 15.8. The van der Waals surface area contributed by atoms with Crippen molar-refractivity contribution in [1.82, 2.24) is 9.80 Å².